The van der Waals surface area contributed by atoms with E-state index in [0.29, 0.717) is 0 Å². The van der Waals surface area contributed by atoms with Gasteiger partial charge in [0.15, 0.2) is 0 Å². The molecule has 0 fully saturated rings. The molecule has 3 heteroatoms. The van der Waals surface area contributed by atoms with Crippen LogP contribution in [0.2, 0.25) is 0 Å². The first kappa shape index (κ1) is 17.3. The Balaban J connectivity index is 3.29. The minimum atomic E-state index is -1.07. The summed E-state index contributed by atoms with van der Waals surface area (Å²) in [7, 11) is 0. The molecule has 0 amide bonds. The lowest BCUT2D eigenvalue weighted by Gasteiger charge is -2.07. The van der Waals surface area contributed by atoms with Crippen molar-refractivity contribution in [3.63, 3.8) is 0 Å². The van der Waals surface area contributed by atoms with E-state index in [2.05, 4.69) is 6.92 Å². The molecule has 106 valence electrons. The Morgan fingerprint density at radius 1 is 0.889 bits per heavy atom. The van der Waals surface area contributed by atoms with Gasteiger partial charge in [-0.15, -0.1) is 0 Å². The molecule has 0 saturated carbocycles. The smallest absolute Gasteiger partial charge is 0.118 e. The predicted octanol–water partition coefficient (Wildman–Crippen LogP) is 3.44. The SMILES string of the molecule is CCCCCCCCCCC=CC(O)C(O)C=N. The predicted molar refractivity (Wildman–Crippen MR) is 77.2 cm³/mol. The van der Waals surface area contributed by atoms with Crippen molar-refractivity contribution in [1.29, 1.82) is 5.41 Å². The van der Waals surface area contributed by atoms with Crippen molar-refractivity contribution in [2.24, 2.45) is 0 Å². The van der Waals surface area contributed by atoms with Crippen LogP contribution in [-0.4, -0.2) is 28.6 Å². The average Bonchev–Trinajstić information content (AvgIpc) is 2.39. The zero-order valence-electron chi connectivity index (χ0n) is 11.6. The summed E-state index contributed by atoms with van der Waals surface area (Å²) in [5, 5.41) is 25.3. The molecule has 0 aliphatic carbocycles. The maximum Gasteiger partial charge on any atom is 0.118 e. The number of nitrogens with one attached hydrogen (secondary N) is 1. The number of unbranched alkanes of at least 4 members (excludes halogenated alkanes) is 8. The van der Waals surface area contributed by atoms with Crippen LogP contribution in [0.25, 0.3) is 0 Å². The molecule has 0 aliphatic heterocycles. The van der Waals surface area contributed by atoms with E-state index in [1.807, 2.05) is 6.08 Å². The molecule has 0 saturated heterocycles. The number of allylic oxidation sites excluding steroid dienone is 1. The van der Waals surface area contributed by atoms with E-state index >= 15 is 0 Å². The maximum atomic E-state index is 9.35. The molecule has 3 N–H and O–H groups in total. The van der Waals surface area contributed by atoms with Crippen LogP contribution in [0.4, 0.5) is 0 Å². The molecular formula is C15H29NO2. The third-order valence-electron chi connectivity index (χ3n) is 3.08. The molecule has 0 rings (SSSR count). The highest BCUT2D eigenvalue weighted by Gasteiger charge is 2.08. The standard InChI is InChI=1S/C15H29NO2/c1-2-3-4-5-6-7-8-9-10-11-12-14(17)15(18)13-16/h11-18H,2-10H2,1H3. The zero-order valence-corrected chi connectivity index (χ0v) is 11.6. The lowest BCUT2D eigenvalue weighted by atomic mass is 10.1. The van der Waals surface area contributed by atoms with Crippen molar-refractivity contribution in [3.8, 4) is 0 Å². The van der Waals surface area contributed by atoms with E-state index in [1.54, 1.807) is 6.08 Å². The molecule has 2 unspecified atom stereocenters. The van der Waals surface area contributed by atoms with E-state index in [1.165, 1.54) is 44.9 Å². The minimum Gasteiger partial charge on any atom is -0.386 e. The Kier molecular flexibility index (Phi) is 12.3. The van der Waals surface area contributed by atoms with Crippen LogP contribution in [0.15, 0.2) is 12.2 Å². The quantitative estimate of drug-likeness (QED) is 0.284. The summed E-state index contributed by atoms with van der Waals surface area (Å²) < 4.78 is 0. The highest BCUT2D eigenvalue weighted by molar-refractivity contribution is 5.60. The molecule has 0 spiro atoms. The highest BCUT2D eigenvalue weighted by Crippen LogP contribution is 2.09. The van der Waals surface area contributed by atoms with Gasteiger partial charge in [-0.25, -0.2) is 0 Å². The topological polar surface area (TPSA) is 64.3 Å². The second-order valence-electron chi connectivity index (χ2n) is 4.84. The fraction of sp³-hybridized carbons (Fsp3) is 0.800. The van der Waals surface area contributed by atoms with E-state index in [0.717, 1.165) is 19.1 Å². The van der Waals surface area contributed by atoms with Crippen molar-refractivity contribution in [1.82, 2.24) is 0 Å². The summed E-state index contributed by atoms with van der Waals surface area (Å²) in [5.41, 5.74) is 0. The maximum absolute atomic E-state index is 9.35. The van der Waals surface area contributed by atoms with Gasteiger partial charge in [-0.3, -0.25) is 0 Å². The molecule has 0 aromatic heterocycles. The number of aliphatic hydroxyl groups excluding tert-OH is 2. The third kappa shape index (κ3) is 10.5. The van der Waals surface area contributed by atoms with Crippen LogP contribution in [0.3, 0.4) is 0 Å². The fourth-order valence-electron chi connectivity index (χ4n) is 1.84. The van der Waals surface area contributed by atoms with Gasteiger partial charge < -0.3 is 15.6 Å². The van der Waals surface area contributed by atoms with Crippen LogP contribution < -0.4 is 0 Å². The monoisotopic (exact) mass is 255 g/mol. The summed E-state index contributed by atoms with van der Waals surface area (Å²) in [6.45, 7) is 2.23. The lowest BCUT2D eigenvalue weighted by Crippen LogP contribution is -2.24. The average molecular weight is 255 g/mol. The second-order valence-corrected chi connectivity index (χ2v) is 4.84. The van der Waals surface area contributed by atoms with Gasteiger partial charge >= 0.3 is 0 Å². The van der Waals surface area contributed by atoms with Gasteiger partial charge in [0.2, 0.25) is 0 Å². The first-order valence-corrected chi connectivity index (χ1v) is 7.25. The normalized spacial score (nSPS) is 14.8. The molecular weight excluding hydrogens is 226 g/mol. The number of rotatable bonds is 12. The van der Waals surface area contributed by atoms with Crippen molar-refractivity contribution >= 4 is 6.21 Å². The molecule has 0 aliphatic rings. The van der Waals surface area contributed by atoms with E-state index < -0.39 is 12.2 Å². The molecule has 0 heterocycles. The van der Waals surface area contributed by atoms with Gasteiger partial charge in [-0.05, 0) is 12.8 Å². The van der Waals surface area contributed by atoms with Crippen LogP contribution in [0.5, 0.6) is 0 Å². The highest BCUT2D eigenvalue weighted by atomic mass is 16.3. The van der Waals surface area contributed by atoms with Gasteiger partial charge in [0.25, 0.3) is 0 Å². The largest absolute Gasteiger partial charge is 0.386 e. The van der Waals surface area contributed by atoms with E-state index in [9.17, 15) is 5.11 Å². The van der Waals surface area contributed by atoms with Gasteiger partial charge in [0.1, 0.15) is 12.2 Å². The Bertz CT molecular complexity index is 217. The Labute approximate surface area is 111 Å². The first-order valence-electron chi connectivity index (χ1n) is 7.25. The zero-order chi connectivity index (χ0) is 13.6. The molecule has 0 bridgehead atoms. The van der Waals surface area contributed by atoms with Gasteiger partial charge in [0.05, 0.1) is 0 Å². The molecule has 0 aromatic carbocycles. The molecule has 2 atom stereocenters. The summed E-state index contributed by atoms with van der Waals surface area (Å²) in [6, 6.07) is 0. The van der Waals surface area contributed by atoms with Crippen molar-refractivity contribution < 1.29 is 10.2 Å². The Morgan fingerprint density at radius 3 is 2.00 bits per heavy atom. The van der Waals surface area contributed by atoms with Crippen molar-refractivity contribution in [3.05, 3.63) is 12.2 Å². The second kappa shape index (κ2) is 12.8. The van der Waals surface area contributed by atoms with Gasteiger partial charge in [-0.2, -0.15) is 0 Å². The summed E-state index contributed by atoms with van der Waals surface area (Å²) in [6.07, 6.45) is 13.6. The molecule has 3 nitrogen and oxygen atoms in total. The number of aliphatic hydroxyl groups is 2. The third-order valence-corrected chi connectivity index (χ3v) is 3.08. The van der Waals surface area contributed by atoms with Crippen molar-refractivity contribution in [2.45, 2.75) is 76.9 Å². The lowest BCUT2D eigenvalue weighted by molar-refractivity contribution is 0.0956. The number of hydrogen-bond donors (Lipinski definition) is 3. The Hall–Kier alpha value is -0.670. The van der Waals surface area contributed by atoms with Crippen molar-refractivity contribution in [2.75, 3.05) is 0 Å². The van der Waals surface area contributed by atoms with E-state index in [4.69, 9.17) is 10.5 Å². The summed E-state index contributed by atoms with van der Waals surface area (Å²) in [5.74, 6) is 0. The summed E-state index contributed by atoms with van der Waals surface area (Å²) >= 11 is 0. The fourth-order valence-corrected chi connectivity index (χ4v) is 1.84. The molecule has 0 aromatic rings. The number of hydrogen-bond acceptors (Lipinski definition) is 3. The van der Waals surface area contributed by atoms with Crippen LogP contribution in [-0.2, 0) is 0 Å². The van der Waals surface area contributed by atoms with Gasteiger partial charge in [-0.1, -0.05) is 64.0 Å². The van der Waals surface area contributed by atoms with E-state index in [-0.39, 0.29) is 0 Å². The van der Waals surface area contributed by atoms with Crippen LogP contribution in [0.1, 0.15) is 64.7 Å². The van der Waals surface area contributed by atoms with Crippen LogP contribution >= 0.6 is 0 Å². The Morgan fingerprint density at radius 2 is 1.44 bits per heavy atom. The molecule has 0 radical (unpaired) electrons. The van der Waals surface area contributed by atoms with Gasteiger partial charge in [0, 0.05) is 6.21 Å². The first-order chi connectivity index (χ1) is 8.72. The van der Waals surface area contributed by atoms with Crippen LogP contribution in [0, 0.1) is 5.41 Å². The molecule has 18 heavy (non-hydrogen) atoms. The summed E-state index contributed by atoms with van der Waals surface area (Å²) in [4.78, 5) is 0. The minimum absolute atomic E-state index is 0.852.